The van der Waals surface area contributed by atoms with Crippen LogP contribution in [-0.4, -0.2) is 29.6 Å². The molecule has 1 aromatic rings. The summed E-state index contributed by atoms with van der Waals surface area (Å²) in [7, 11) is 0. The van der Waals surface area contributed by atoms with Crippen molar-refractivity contribution >= 4 is 11.9 Å². The topological polar surface area (TPSA) is 78.4 Å². The number of nitrogens with one attached hydrogen (secondary N) is 2. The molecule has 1 aliphatic carbocycles. The van der Waals surface area contributed by atoms with Gasteiger partial charge in [0.25, 0.3) is 0 Å². The predicted molar refractivity (Wildman–Crippen MR) is 98.1 cm³/mol. The van der Waals surface area contributed by atoms with Gasteiger partial charge in [-0.2, -0.15) is 0 Å². The second-order valence-corrected chi connectivity index (χ2v) is 7.22. The van der Waals surface area contributed by atoms with Crippen molar-refractivity contribution in [3.8, 4) is 0 Å². The molecule has 2 rings (SSSR count). The maximum Gasteiger partial charge on any atom is 0.320 e. The summed E-state index contributed by atoms with van der Waals surface area (Å²) in [6.45, 7) is 3.72. The zero-order valence-corrected chi connectivity index (χ0v) is 15.5. The van der Waals surface area contributed by atoms with E-state index in [1.807, 2.05) is 13.8 Å². The Kier molecular flexibility index (Phi) is 7.57. The van der Waals surface area contributed by atoms with Crippen LogP contribution >= 0.6 is 0 Å². The van der Waals surface area contributed by atoms with Gasteiger partial charge >= 0.3 is 5.97 Å². The number of benzene rings is 1. The lowest BCUT2D eigenvalue weighted by molar-refractivity contribution is -0.141. The minimum absolute atomic E-state index is 0.0499. The Hall–Kier alpha value is -1.95. The molecule has 1 amide bonds. The van der Waals surface area contributed by atoms with Crippen LogP contribution in [0.2, 0.25) is 0 Å². The molecule has 3 atom stereocenters. The highest BCUT2D eigenvalue weighted by Gasteiger charge is 2.29. The van der Waals surface area contributed by atoms with Gasteiger partial charge in [-0.3, -0.25) is 14.9 Å². The van der Waals surface area contributed by atoms with E-state index in [1.165, 1.54) is 12.1 Å². The standard InChI is InChI=1S/C20H29FN2O3/c1-3-13(2)18(20(25)26)22-12-17(24)23-19(14-6-4-5-7-14)15-8-10-16(21)11-9-15/h8-11,13-14,18-19,22H,3-7,12H2,1-2H3,(H,23,24)(H,25,26)/t13-,18-,19?/m0/s1. The van der Waals surface area contributed by atoms with Crippen molar-refractivity contribution in [1.29, 1.82) is 0 Å². The summed E-state index contributed by atoms with van der Waals surface area (Å²) in [6.07, 6.45) is 5.03. The van der Waals surface area contributed by atoms with E-state index < -0.39 is 12.0 Å². The minimum Gasteiger partial charge on any atom is -0.480 e. The molecule has 6 heteroatoms. The van der Waals surface area contributed by atoms with Gasteiger partial charge in [0.2, 0.25) is 5.91 Å². The van der Waals surface area contributed by atoms with Crippen molar-refractivity contribution in [1.82, 2.24) is 10.6 Å². The predicted octanol–water partition coefficient (Wildman–Crippen LogP) is 3.26. The van der Waals surface area contributed by atoms with Crippen LogP contribution in [0.4, 0.5) is 4.39 Å². The first-order valence-electron chi connectivity index (χ1n) is 9.43. The average Bonchev–Trinajstić information content (AvgIpc) is 3.14. The zero-order valence-electron chi connectivity index (χ0n) is 15.5. The summed E-state index contributed by atoms with van der Waals surface area (Å²) in [6, 6.07) is 5.33. The molecule has 0 aromatic heterocycles. The molecule has 0 spiro atoms. The lowest BCUT2D eigenvalue weighted by Crippen LogP contribution is -2.47. The fourth-order valence-electron chi connectivity index (χ4n) is 3.63. The molecule has 26 heavy (non-hydrogen) atoms. The third-order valence-electron chi connectivity index (χ3n) is 5.38. The molecular formula is C20H29FN2O3. The monoisotopic (exact) mass is 364 g/mol. The van der Waals surface area contributed by atoms with E-state index in [-0.39, 0.29) is 30.2 Å². The fraction of sp³-hybridized carbons (Fsp3) is 0.600. The van der Waals surface area contributed by atoms with E-state index in [4.69, 9.17) is 0 Å². The first kappa shape index (κ1) is 20.4. The lowest BCUT2D eigenvalue weighted by atomic mass is 9.91. The van der Waals surface area contributed by atoms with Gasteiger partial charge < -0.3 is 10.4 Å². The molecule has 144 valence electrons. The van der Waals surface area contributed by atoms with E-state index in [9.17, 15) is 19.1 Å². The molecular weight excluding hydrogens is 335 g/mol. The van der Waals surface area contributed by atoms with Crippen molar-refractivity contribution in [2.75, 3.05) is 6.54 Å². The highest BCUT2D eigenvalue weighted by molar-refractivity contribution is 5.80. The average molecular weight is 364 g/mol. The van der Waals surface area contributed by atoms with Crippen LogP contribution in [0.15, 0.2) is 24.3 Å². The highest BCUT2D eigenvalue weighted by atomic mass is 19.1. The number of carbonyl (C=O) groups is 2. The molecule has 1 unspecified atom stereocenters. The maximum absolute atomic E-state index is 13.2. The zero-order chi connectivity index (χ0) is 19.1. The van der Waals surface area contributed by atoms with Gasteiger partial charge in [-0.1, -0.05) is 45.2 Å². The maximum atomic E-state index is 13.2. The SMILES string of the molecule is CC[C@H](C)[C@H](NCC(=O)NC(c1ccc(F)cc1)C1CCCC1)C(=O)O. The molecule has 5 nitrogen and oxygen atoms in total. The van der Waals surface area contributed by atoms with Crippen LogP contribution in [0.25, 0.3) is 0 Å². The molecule has 1 saturated carbocycles. The van der Waals surface area contributed by atoms with Crippen LogP contribution in [0, 0.1) is 17.7 Å². The first-order chi connectivity index (χ1) is 12.4. The van der Waals surface area contributed by atoms with E-state index in [1.54, 1.807) is 12.1 Å². The number of aliphatic carboxylic acids is 1. The largest absolute Gasteiger partial charge is 0.480 e. The van der Waals surface area contributed by atoms with Gasteiger partial charge in [0.15, 0.2) is 0 Å². The summed E-state index contributed by atoms with van der Waals surface area (Å²) in [5.41, 5.74) is 0.892. The van der Waals surface area contributed by atoms with Gasteiger partial charge in [0.05, 0.1) is 12.6 Å². The number of hydrogen-bond donors (Lipinski definition) is 3. The van der Waals surface area contributed by atoms with Gasteiger partial charge in [-0.05, 0) is 42.4 Å². The first-order valence-corrected chi connectivity index (χ1v) is 9.43. The summed E-state index contributed by atoms with van der Waals surface area (Å²) in [5, 5.41) is 15.2. The van der Waals surface area contributed by atoms with Crippen molar-refractivity contribution in [3.63, 3.8) is 0 Å². The van der Waals surface area contributed by atoms with Crippen molar-refractivity contribution in [3.05, 3.63) is 35.6 Å². The fourth-order valence-corrected chi connectivity index (χ4v) is 3.63. The molecule has 0 radical (unpaired) electrons. The molecule has 1 aliphatic rings. The molecule has 0 saturated heterocycles. The number of carboxylic acid groups (broad SMARTS) is 1. The number of carbonyl (C=O) groups excluding carboxylic acids is 1. The van der Waals surface area contributed by atoms with Crippen LogP contribution in [-0.2, 0) is 9.59 Å². The van der Waals surface area contributed by atoms with Gasteiger partial charge in [0.1, 0.15) is 11.9 Å². The third-order valence-corrected chi connectivity index (χ3v) is 5.38. The highest BCUT2D eigenvalue weighted by Crippen LogP contribution is 2.35. The van der Waals surface area contributed by atoms with Crippen LogP contribution in [0.3, 0.4) is 0 Å². The Labute approximate surface area is 154 Å². The van der Waals surface area contributed by atoms with Crippen molar-refractivity contribution in [2.45, 2.75) is 58.0 Å². The Morgan fingerprint density at radius 3 is 2.38 bits per heavy atom. The quantitative estimate of drug-likeness (QED) is 0.628. The smallest absolute Gasteiger partial charge is 0.320 e. The van der Waals surface area contributed by atoms with Gasteiger partial charge in [-0.15, -0.1) is 0 Å². The second-order valence-electron chi connectivity index (χ2n) is 7.22. The Balaban J connectivity index is 2.01. The molecule has 1 fully saturated rings. The normalized spacial score (nSPS) is 18.3. The van der Waals surface area contributed by atoms with Gasteiger partial charge in [-0.25, -0.2) is 4.39 Å². The van der Waals surface area contributed by atoms with Gasteiger partial charge in [0, 0.05) is 0 Å². The molecule has 1 aromatic carbocycles. The Morgan fingerprint density at radius 2 is 1.85 bits per heavy atom. The number of carboxylic acids is 1. The van der Waals surface area contributed by atoms with Crippen LogP contribution in [0.1, 0.15) is 57.6 Å². The number of halogens is 1. The molecule has 0 bridgehead atoms. The number of rotatable bonds is 9. The number of amides is 1. The molecule has 0 aliphatic heterocycles. The number of hydrogen-bond acceptors (Lipinski definition) is 3. The molecule has 0 heterocycles. The van der Waals surface area contributed by atoms with E-state index in [2.05, 4.69) is 10.6 Å². The minimum atomic E-state index is -0.946. The third kappa shape index (κ3) is 5.53. The van der Waals surface area contributed by atoms with Crippen molar-refractivity contribution in [2.24, 2.45) is 11.8 Å². The molecule has 3 N–H and O–H groups in total. The summed E-state index contributed by atoms with van der Waals surface area (Å²) in [5.74, 6) is -1.22. The van der Waals surface area contributed by atoms with Crippen molar-refractivity contribution < 1.29 is 19.1 Å². The van der Waals surface area contributed by atoms with Crippen LogP contribution in [0.5, 0.6) is 0 Å². The van der Waals surface area contributed by atoms with Crippen LogP contribution < -0.4 is 10.6 Å². The summed E-state index contributed by atoms with van der Waals surface area (Å²) in [4.78, 5) is 23.8. The lowest BCUT2D eigenvalue weighted by Gasteiger charge is -2.26. The summed E-state index contributed by atoms with van der Waals surface area (Å²) < 4.78 is 13.2. The summed E-state index contributed by atoms with van der Waals surface area (Å²) >= 11 is 0. The Morgan fingerprint density at radius 1 is 1.23 bits per heavy atom. The second kappa shape index (κ2) is 9.67. The van der Waals surface area contributed by atoms with E-state index >= 15 is 0 Å². The van der Waals surface area contributed by atoms with E-state index in [0.717, 1.165) is 31.2 Å². The van der Waals surface area contributed by atoms with E-state index in [0.29, 0.717) is 12.3 Å². The Bertz CT molecular complexity index is 600.